The van der Waals surface area contributed by atoms with E-state index in [2.05, 4.69) is 35.1 Å². The Hall–Kier alpha value is -0.830. The van der Waals surface area contributed by atoms with E-state index < -0.39 is 0 Å². The average molecular weight is 504 g/mol. The maximum Gasteiger partial charge on any atom is 0.217 e. The highest BCUT2D eigenvalue weighted by molar-refractivity contribution is 14.0. The molecule has 1 aliphatic heterocycles. The number of fused-ring (bicyclic) bond motifs is 1. The second-order valence-electron chi connectivity index (χ2n) is 8.53. The Morgan fingerprint density at radius 2 is 2.26 bits per heavy atom. The van der Waals surface area contributed by atoms with Crippen LogP contribution in [0.3, 0.4) is 0 Å². The second kappa shape index (κ2) is 9.58. The molecule has 2 heterocycles. The number of amides is 1. The number of hydrogen-bond donors (Lipinski definition) is 2. The van der Waals surface area contributed by atoms with Gasteiger partial charge >= 0.3 is 0 Å². The van der Waals surface area contributed by atoms with Gasteiger partial charge in [-0.1, -0.05) is 13.8 Å². The van der Waals surface area contributed by atoms with Crippen molar-refractivity contribution >= 4 is 47.2 Å². The zero-order valence-corrected chi connectivity index (χ0v) is 19.9. The molecule has 1 aromatic rings. The van der Waals surface area contributed by atoms with Crippen molar-refractivity contribution in [1.29, 1.82) is 0 Å². The van der Waals surface area contributed by atoms with Gasteiger partial charge in [-0.2, -0.15) is 0 Å². The van der Waals surface area contributed by atoms with Gasteiger partial charge in [-0.15, -0.1) is 35.3 Å². The molecule has 0 aromatic carbocycles. The van der Waals surface area contributed by atoms with E-state index >= 15 is 0 Å². The Morgan fingerprint density at radius 1 is 1.48 bits per heavy atom. The molecule has 0 bridgehead atoms. The van der Waals surface area contributed by atoms with Gasteiger partial charge in [-0.25, -0.2) is 0 Å². The number of carbonyl (C=O) groups excluding carboxylic acids is 1. The van der Waals surface area contributed by atoms with Crippen LogP contribution in [0.1, 0.15) is 54.8 Å². The van der Waals surface area contributed by atoms with Gasteiger partial charge in [0.25, 0.3) is 0 Å². The van der Waals surface area contributed by atoms with Crippen molar-refractivity contribution in [2.45, 2.75) is 58.9 Å². The number of guanidine groups is 1. The van der Waals surface area contributed by atoms with Gasteiger partial charge < -0.3 is 16.0 Å². The van der Waals surface area contributed by atoms with Crippen LogP contribution >= 0.6 is 35.3 Å². The summed E-state index contributed by atoms with van der Waals surface area (Å²) in [6.07, 6.45) is 6.31. The molecule has 3 N–H and O–H groups in total. The normalized spacial score (nSPS) is 22.0. The summed E-state index contributed by atoms with van der Waals surface area (Å²) in [4.78, 5) is 20.9. The molecule has 0 saturated carbocycles. The molecule has 5 nitrogen and oxygen atoms in total. The molecular weight excluding hydrogens is 471 g/mol. The fourth-order valence-corrected chi connectivity index (χ4v) is 5.37. The molecule has 0 spiro atoms. The number of nitrogens with two attached hydrogens (primary N) is 1. The van der Waals surface area contributed by atoms with Crippen LogP contribution in [-0.2, 0) is 24.2 Å². The third-order valence-corrected chi connectivity index (χ3v) is 6.82. The molecule has 0 radical (unpaired) electrons. The van der Waals surface area contributed by atoms with Crippen molar-refractivity contribution < 1.29 is 4.79 Å². The van der Waals surface area contributed by atoms with Gasteiger partial charge in [0.15, 0.2) is 5.96 Å². The predicted molar refractivity (Wildman–Crippen MR) is 124 cm³/mol. The van der Waals surface area contributed by atoms with Crippen LogP contribution in [-0.4, -0.2) is 36.9 Å². The Morgan fingerprint density at radius 3 is 2.96 bits per heavy atom. The number of aryl methyl sites for hydroxylation is 1. The lowest BCUT2D eigenvalue weighted by molar-refractivity contribution is -0.119. The fraction of sp³-hybridized carbons (Fsp3) is 0.700. The van der Waals surface area contributed by atoms with Gasteiger partial charge in [0.05, 0.1) is 6.54 Å². The number of halogens is 1. The van der Waals surface area contributed by atoms with Crippen LogP contribution in [0.25, 0.3) is 0 Å². The standard InChI is InChI=1S/C20H32N4OS.HI/c1-20(2)7-6-17-15(11-20)10-16(26-17)12-23-19(22-3)24-8-4-5-14(13-24)9-18(21)25;/h10,14H,4-9,11-13H2,1-3H3,(H2,21,25)(H,22,23);1H. The van der Waals surface area contributed by atoms with E-state index in [4.69, 9.17) is 5.73 Å². The lowest BCUT2D eigenvalue weighted by Crippen LogP contribution is -2.46. The summed E-state index contributed by atoms with van der Waals surface area (Å²) in [6.45, 7) is 7.40. The van der Waals surface area contributed by atoms with Gasteiger partial charge in [-0.3, -0.25) is 9.79 Å². The smallest absolute Gasteiger partial charge is 0.217 e. The molecule has 3 rings (SSSR count). The minimum atomic E-state index is -0.202. The molecule has 7 heteroatoms. The van der Waals surface area contributed by atoms with Crippen molar-refractivity contribution in [2.24, 2.45) is 22.1 Å². The molecule has 1 amide bonds. The van der Waals surface area contributed by atoms with Crippen LogP contribution in [0, 0.1) is 11.3 Å². The molecule has 1 saturated heterocycles. The summed E-state index contributed by atoms with van der Waals surface area (Å²) in [5.74, 6) is 1.08. The zero-order chi connectivity index (χ0) is 18.7. The molecular formula is C20H33IN4OS. The SMILES string of the molecule is CN=C(NCc1cc2c(s1)CCC(C)(C)C2)N1CCCC(CC(N)=O)C1.I. The molecule has 1 aliphatic carbocycles. The predicted octanol–water partition coefficient (Wildman–Crippen LogP) is 3.54. The first kappa shape index (κ1) is 22.5. The van der Waals surface area contributed by atoms with Crippen molar-refractivity contribution in [3.05, 3.63) is 21.4 Å². The van der Waals surface area contributed by atoms with E-state index in [0.717, 1.165) is 38.4 Å². The van der Waals surface area contributed by atoms with Crippen LogP contribution in [0.2, 0.25) is 0 Å². The first-order chi connectivity index (χ1) is 12.4. The molecule has 2 aliphatic rings. The number of likely N-dealkylation sites (tertiary alicyclic amines) is 1. The minimum Gasteiger partial charge on any atom is -0.370 e. The zero-order valence-electron chi connectivity index (χ0n) is 16.7. The van der Waals surface area contributed by atoms with E-state index in [9.17, 15) is 4.79 Å². The third-order valence-electron chi connectivity index (χ3n) is 5.59. The molecule has 1 aromatic heterocycles. The summed E-state index contributed by atoms with van der Waals surface area (Å²) in [5, 5.41) is 3.53. The lowest BCUT2D eigenvalue weighted by Gasteiger charge is -2.34. The highest BCUT2D eigenvalue weighted by Gasteiger charge is 2.27. The second-order valence-corrected chi connectivity index (χ2v) is 9.75. The molecule has 27 heavy (non-hydrogen) atoms. The molecule has 152 valence electrons. The van der Waals surface area contributed by atoms with Crippen LogP contribution in [0.15, 0.2) is 11.1 Å². The van der Waals surface area contributed by atoms with E-state index in [1.54, 1.807) is 4.88 Å². The number of piperidine rings is 1. The lowest BCUT2D eigenvalue weighted by atomic mass is 9.77. The monoisotopic (exact) mass is 504 g/mol. The number of thiophene rings is 1. The topological polar surface area (TPSA) is 70.7 Å². The van der Waals surface area contributed by atoms with Crippen LogP contribution in [0.4, 0.5) is 0 Å². The van der Waals surface area contributed by atoms with Crippen molar-refractivity contribution in [2.75, 3.05) is 20.1 Å². The summed E-state index contributed by atoms with van der Waals surface area (Å²) in [5.41, 5.74) is 7.35. The van der Waals surface area contributed by atoms with Crippen molar-refractivity contribution in [1.82, 2.24) is 10.2 Å². The molecule has 1 atom stereocenters. The number of primary amides is 1. The Balaban J connectivity index is 0.00000261. The minimum absolute atomic E-state index is 0. The van der Waals surface area contributed by atoms with Gasteiger partial charge in [-0.05, 0) is 55.1 Å². The number of carbonyl (C=O) groups is 1. The van der Waals surface area contributed by atoms with E-state index in [1.807, 2.05) is 18.4 Å². The maximum absolute atomic E-state index is 11.2. The number of aliphatic imine (C=N–C) groups is 1. The number of rotatable bonds is 4. The summed E-state index contributed by atoms with van der Waals surface area (Å²) in [7, 11) is 1.84. The Labute approximate surface area is 184 Å². The first-order valence-electron chi connectivity index (χ1n) is 9.70. The Bertz CT molecular complexity index is 686. The van der Waals surface area contributed by atoms with E-state index in [-0.39, 0.29) is 29.9 Å². The number of nitrogens with one attached hydrogen (secondary N) is 1. The van der Waals surface area contributed by atoms with Gasteiger partial charge in [0, 0.05) is 36.3 Å². The van der Waals surface area contributed by atoms with Crippen LogP contribution < -0.4 is 11.1 Å². The summed E-state index contributed by atoms with van der Waals surface area (Å²) < 4.78 is 0. The largest absolute Gasteiger partial charge is 0.370 e. The van der Waals surface area contributed by atoms with Crippen LogP contribution in [0.5, 0.6) is 0 Å². The van der Waals surface area contributed by atoms with Gasteiger partial charge in [0.2, 0.25) is 5.91 Å². The first-order valence-corrected chi connectivity index (χ1v) is 10.5. The highest BCUT2D eigenvalue weighted by atomic mass is 127. The summed E-state index contributed by atoms with van der Waals surface area (Å²) in [6, 6.07) is 2.38. The quantitative estimate of drug-likeness (QED) is 0.375. The van der Waals surface area contributed by atoms with E-state index in [1.165, 1.54) is 29.7 Å². The van der Waals surface area contributed by atoms with Crippen molar-refractivity contribution in [3.63, 3.8) is 0 Å². The van der Waals surface area contributed by atoms with Gasteiger partial charge in [0.1, 0.15) is 0 Å². The Kier molecular flexibility index (Phi) is 7.97. The molecule has 1 fully saturated rings. The average Bonchev–Trinajstić information content (AvgIpc) is 2.96. The molecule has 1 unspecified atom stereocenters. The van der Waals surface area contributed by atoms with E-state index in [0.29, 0.717) is 17.8 Å². The summed E-state index contributed by atoms with van der Waals surface area (Å²) >= 11 is 1.95. The number of nitrogens with zero attached hydrogens (tertiary/aromatic N) is 2. The highest BCUT2D eigenvalue weighted by Crippen LogP contribution is 2.38. The number of hydrogen-bond acceptors (Lipinski definition) is 3. The third kappa shape index (κ3) is 6.07. The fourth-order valence-electron chi connectivity index (χ4n) is 4.24. The van der Waals surface area contributed by atoms with Crippen molar-refractivity contribution in [3.8, 4) is 0 Å². The maximum atomic E-state index is 11.2.